The summed E-state index contributed by atoms with van der Waals surface area (Å²) in [7, 11) is 0. The van der Waals surface area contributed by atoms with Gasteiger partial charge in [-0.25, -0.2) is 4.98 Å². The number of fused-ring (bicyclic) bond motifs is 1. The zero-order valence-electron chi connectivity index (χ0n) is 7.07. The second-order valence-corrected chi connectivity index (χ2v) is 3.32. The van der Waals surface area contributed by atoms with Gasteiger partial charge >= 0.3 is 5.97 Å². The summed E-state index contributed by atoms with van der Waals surface area (Å²) in [6.45, 7) is 0. The first kappa shape index (κ1) is 9.02. The molecule has 0 bridgehead atoms. The van der Waals surface area contributed by atoms with Crippen LogP contribution in [0.3, 0.4) is 0 Å². The number of halogens is 1. The minimum atomic E-state index is -1.05. The molecule has 72 valence electrons. The van der Waals surface area contributed by atoms with Gasteiger partial charge in [0.25, 0.3) is 0 Å². The molecule has 0 saturated heterocycles. The van der Waals surface area contributed by atoms with Crippen molar-refractivity contribution in [2.45, 2.75) is 5.38 Å². The van der Waals surface area contributed by atoms with Gasteiger partial charge in [-0.15, -0.1) is 11.6 Å². The summed E-state index contributed by atoms with van der Waals surface area (Å²) in [6.07, 6.45) is 1.55. The highest BCUT2D eigenvalue weighted by Gasteiger charge is 2.16. The maximum absolute atomic E-state index is 10.6. The smallest absolute Gasteiger partial charge is 0.326 e. The molecule has 2 rings (SSSR count). The Bertz CT molecular complexity index is 480. The molecule has 0 amide bonds. The number of rotatable bonds is 2. The second-order valence-electron chi connectivity index (χ2n) is 2.88. The molecule has 0 radical (unpaired) electrons. The molecule has 1 aromatic heterocycles. The highest BCUT2D eigenvalue weighted by atomic mass is 35.5. The Morgan fingerprint density at radius 3 is 3.07 bits per heavy atom. The largest absolute Gasteiger partial charge is 0.480 e. The quantitative estimate of drug-likeness (QED) is 0.745. The summed E-state index contributed by atoms with van der Waals surface area (Å²) in [5.41, 5.74) is 2.13. The van der Waals surface area contributed by atoms with Crippen LogP contribution in [0.25, 0.3) is 11.0 Å². The molecule has 0 aliphatic rings. The van der Waals surface area contributed by atoms with Crippen LogP contribution in [0, 0.1) is 0 Å². The van der Waals surface area contributed by atoms with Crippen LogP contribution in [0.4, 0.5) is 0 Å². The molecule has 0 aliphatic heterocycles. The lowest BCUT2D eigenvalue weighted by molar-refractivity contribution is -0.136. The van der Waals surface area contributed by atoms with E-state index in [9.17, 15) is 4.79 Å². The predicted octanol–water partition coefficient (Wildman–Crippen LogP) is 1.93. The fraction of sp³-hybridized carbons (Fsp3) is 0.111. The van der Waals surface area contributed by atoms with Gasteiger partial charge in [0.05, 0.1) is 17.4 Å². The number of benzene rings is 1. The van der Waals surface area contributed by atoms with Crippen molar-refractivity contribution in [2.24, 2.45) is 0 Å². The number of carboxylic acids is 1. The van der Waals surface area contributed by atoms with E-state index in [1.807, 2.05) is 0 Å². The van der Waals surface area contributed by atoms with Crippen molar-refractivity contribution in [3.63, 3.8) is 0 Å². The van der Waals surface area contributed by atoms with E-state index in [0.717, 1.165) is 11.0 Å². The molecular formula is C9H7ClN2O2. The van der Waals surface area contributed by atoms with Crippen molar-refractivity contribution in [3.05, 3.63) is 30.1 Å². The van der Waals surface area contributed by atoms with Gasteiger partial charge in [-0.3, -0.25) is 4.79 Å². The maximum atomic E-state index is 10.6. The van der Waals surface area contributed by atoms with Crippen molar-refractivity contribution in [2.75, 3.05) is 0 Å². The Hall–Kier alpha value is -1.55. The number of H-pyrrole nitrogens is 1. The molecule has 0 aliphatic carbocycles. The second kappa shape index (κ2) is 3.31. The van der Waals surface area contributed by atoms with Crippen molar-refractivity contribution in [3.8, 4) is 0 Å². The Morgan fingerprint density at radius 2 is 2.36 bits per heavy atom. The SMILES string of the molecule is O=C(O)C(Cl)c1ccc2nc[nH]c2c1. The van der Waals surface area contributed by atoms with E-state index in [4.69, 9.17) is 16.7 Å². The average Bonchev–Trinajstić information content (AvgIpc) is 2.62. The Balaban J connectivity index is 2.48. The normalized spacial score (nSPS) is 12.9. The van der Waals surface area contributed by atoms with Crippen molar-refractivity contribution >= 4 is 28.6 Å². The number of carbonyl (C=O) groups is 1. The number of hydrogen-bond acceptors (Lipinski definition) is 2. The molecule has 5 heteroatoms. The highest BCUT2D eigenvalue weighted by Crippen LogP contribution is 2.23. The molecule has 14 heavy (non-hydrogen) atoms. The Kier molecular flexibility index (Phi) is 2.13. The third-order valence-corrected chi connectivity index (χ3v) is 2.39. The van der Waals surface area contributed by atoms with Gasteiger partial charge in [-0.1, -0.05) is 6.07 Å². The number of nitrogens with zero attached hydrogens (tertiary/aromatic N) is 1. The van der Waals surface area contributed by atoms with Gasteiger partial charge in [-0.05, 0) is 17.7 Å². The number of imidazole rings is 1. The van der Waals surface area contributed by atoms with Gasteiger partial charge < -0.3 is 10.1 Å². The van der Waals surface area contributed by atoms with Crippen LogP contribution >= 0.6 is 11.6 Å². The average molecular weight is 211 g/mol. The van der Waals surface area contributed by atoms with Crippen molar-refractivity contribution in [1.82, 2.24) is 9.97 Å². The number of hydrogen-bond donors (Lipinski definition) is 2. The third-order valence-electron chi connectivity index (χ3n) is 1.95. The zero-order valence-corrected chi connectivity index (χ0v) is 7.82. The summed E-state index contributed by atoms with van der Waals surface area (Å²) in [5.74, 6) is -1.05. The number of aromatic amines is 1. The van der Waals surface area contributed by atoms with E-state index >= 15 is 0 Å². The van der Waals surface area contributed by atoms with Crippen LogP contribution in [0.1, 0.15) is 10.9 Å². The molecule has 2 N–H and O–H groups in total. The molecule has 1 unspecified atom stereocenters. The molecule has 0 saturated carbocycles. The zero-order chi connectivity index (χ0) is 10.1. The number of carboxylic acid groups (broad SMARTS) is 1. The number of aromatic nitrogens is 2. The highest BCUT2D eigenvalue weighted by molar-refractivity contribution is 6.29. The fourth-order valence-electron chi connectivity index (χ4n) is 1.25. The summed E-state index contributed by atoms with van der Waals surface area (Å²) < 4.78 is 0. The van der Waals surface area contributed by atoms with Crippen LogP contribution in [-0.2, 0) is 4.79 Å². The Labute approximate surface area is 84.5 Å². The predicted molar refractivity (Wildman–Crippen MR) is 52.3 cm³/mol. The summed E-state index contributed by atoms with van der Waals surface area (Å²) >= 11 is 5.67. The molecule has 1 aromatic carbocycles. The van der Waals surface area contributed by atoms with E-state index in [2.05, 4.69) is 9.97 Å². The first-order chi connectivity index (χ1) is 6.68. The molecule has 1 heterocycles. The fourth-order valence-corrected chi connectivity index (χ4v) is 1.39. The molecule has 0 spiro atoms. The minimum Gasteiger partial charge on any atom is -0.480 e. The summed E-state index contributed by atoms with van der Waals surface area (Å²) in [6, 6.07) is 5.09. The van der Waals surface area contributed by atoms with Gasteiger partial charge in [-0.2, -0.15) is 0 Å². The molecule has 4 nitrogen and oxygen atoms in total. The monoisotopic (exact) mass is 210 g/mol. The lowest BCUT2D eigenvalue weighted by atomic mass is 10.1. The number of alkyl halides is 1. The van der Waals surface area contributed by atoms with Crippen LogP contribution in [-0.4, -0.2) is 21.0 Å². The number of aliphatic carboxylic acids is 1. The van der Waals surface area contributed by atoms with Crippen LogP contribution in [0.15, 0.2) is 24.5 Å². The molecular weight excluding hydrogens is 204 g/mol. The number of nitrogens with one attached hydrogen (secondary N) is 1. The summed E-state index contributed by atoms with van der Waals surface area (Å²) in [4.78, 5) is 17.5. The van der Waals surface area contributed by atoms with E-state index in [0.29, 0.717) is 5.56 Å². The van der Waals surface area contributed by atoms with Crippen LogP contribution in [0.5, 0.6) is 0 Å². The van der Waals surface area contributed by atoms with E-state index in [1.54, 1.807) is 24.5 Å². The minimum absolute atomic E-state index is 0.552. The maximum Gasteiger partial charge on any atom is 0.326 e. The van der Waals surface area contributed by atoms with Gasteiger partial charge in [0, 0.05) is 0 Å². The van der Waals surface area contributed by atoms with Gasteiger partial charge in [0.1, 0.15) is 0 Å². The lowest BCUT2D eigenvalue weighted by Gasteiger charge is -2.03. The van der Waals surface area contributed by atoms with E-state index < -0.39 is 11.3 Å². The van der Waals surface area contributed by atoms with Crippen molar-refractivity contribution < 1.29 is 9.90 Å². The standard InChI is InChI=1S/C9H7ClN2O2/c10-8(9(13)14)5-1-2-6-7(3-5)12-4-11-6/h1-4,8H,(H,11,12)(H,13,14). The van der Waals surface area contributed by atoms with E-state index in [-0.39, 0.29) is 0 Å². The topological polar surface area (TPSA) is 66.0 Å². The van der Waals surface area contributed by atoms with Crippen LogP contribution < -0.4 is 0 Å². The third kappa shape index (κ3) is 1.44. The van der Waals surface area contributed by atoms with Gasteiger partial charge in [0.2, 0.25) is 0 Å². The van der Waals surface area contributed by atoms with Gasteiger partial charge in [0.15, 0.2) is 5.38 Å². The van der Waals surface area contributed by atoms with E-state index in [1.165, 1.54) is 0 Å². The first-order valence-corrected chi connectivity index (χ1v) is 4.42. The lowest BCUT2D eigenvalue weighted by Crippen LogP contribution is -2.04. The first-order valence-electron chi connectivity index (χ1n) is 3.98. The molecule has 0 fully saturated rings. The molecule has 2 aromatic rings. The Morgan fingerprint density at radius 1 is 1.57 bits per heavy atom. The molecule has 1 atom stereocenters. The van der Waals surface area contributed by atoms with Crippen LogP contribution in [0.2, 0.25) is 0 Å². The summed E-state index contributed by atoms with van der Waals surface area (Å²) in [5, 5.41) is 7.69. The van der Waals surface area contributed by atoms with Crippen molar-refractivity contribution in [1.29, 1.82) is 0 Å².